The Morgan fingerprint density at radius 2 is 2.14 bits per heavy atom. The summed E-state index contributed by atoms with van der Waals surface area (Å²) in [5.74, 6) is 1.37. The summed E-state index contributed by atoms with van der Waals surface area (Å²) in [6.45, 7) is 2.86. The first-order valence-electron chi connectivity index (χ1n) is 7.13. The van der Waals surface area contributed by atoms with Crippen LogP contribution in [0, 0.1) is 0 Å². The first-order valence-corrected chi connectivity index (χ1v) is 7.13. The van der Waals surface area contributed by atoms with Gasteiger partial charge in [-0.1, -0.05) is 35.5 Å². The first kappa shape index (κ1) is 15.9. The molecule has 1 N–H and O–H groups in total. The second-order valence-electron chi connectivity index (χ2n) is 5.20. The highest BCUT2D eigenvalue weighted by molar-refractivity contribution is 5.85. The normalized spacial score (nSPS) is 18.6. The van der Waals surface area contributed by atoms with E-state index in [0.717, 1.165) is 25.2 Å². The van der Waals surface area contributed by atoms with E-state index in [-0.39, 0.29) is 12.4 Å². The molecule has 114 valence electrons. The van der Waals surface area contributed by atoms with Gasteiger partial charge < -0.3 is 9.84 Å². The van der Waals surface area contributed by atoms with Gasteiger partial charge in [0.15, 0.2) is 0 Å². The van der Waals surface area contributed by atoms with Crippen molar-refractivity contribution in [3.8, 4) is 11.4 Å². The van der Waals surface area contributed by atoms with Crippen LogP contribution in [0.4, 0.5) is 0 Å². The Kier molecular flexibility index (Phi) is 5.73. The van der Waals surface area contributed by atoms with E-state index < -0.39 is 0 Å². The summed E-state index contributed by atoms with van der Waals surface area (Å²) in [5, 5.41) is 7.32. The van der Waals surface area contributed by atoms with Gasteiger partial charge in [0.2, 0.25) is 11.7 Å². The van der Waals surface area contributed by atoms with Gasteiger partial charge in [0, 0.05) is 18.2 Å². The van der Waals surface area contributed by atoms with E-state index in [1.54, 1.807) is 0 Å². The van der Waals surface area contributed by atoms with Gasteiger partial charge >= 0.3 is 0 Å². The van der Waals surface area contributed by atoms with Gasteiger partial charge in [-0.3, -0.25) is 4.90 Å². The van der Waals surface area contributed by atoms with Gasteiger partial charge in [0.05, 0.1) is 6.54 Å². The number of likely N-dealkylation sites (N-methyl/N-ethyl adjacent to an activating group) is 1. The molecule has 1 atom stereocenters. The van der Waals surface area contributed by atoms with Gasteiger partial charge in [-0.25, -0.2) is 0 Å². The maximum Gasteiger partial charge on any atom is 0.241 e. The van der Waals surface area contributed by atoms with Crippen molar-refractivity contribution < 1.29 is 4.52 Å². The van der Waals surface area contributed by atoms with Gasteiger partial charge in [-0.2, -0.15) is 4.98 Å². The average Bonchev–Trinajstić information content (AvgIpc) is 3.11. The summed E-state index contributed by atoms with van der Waals surface area (Å²) in [7, 11) is 2.00. The molecule has 21 heavy (non-hydrogen) atoms. The molecule has 1 aromatic carbocycles. The van der Waals surface area contributed by atoms with Crippen molar-refractivity contribution in [1.29, 1.82) is 0 Å². The number of nitrogens with one attached hydrogen (secondary N) is 1. The van der Waals surface area contributed by atoms with Crippen LogP contribution in [0.5, 0.6) is 0 Å². The third-order valence-electron chi connectivity index (χ3n) is 3.78. The second kappa shape index (κ2) is 7.54. The van der Waals surface area contributed by atoms with E-state index in [2.05, 4.69) is 20.4 Å². The number of hydrogen-bond acceptors (Lipinski definition) is 5. The number of hydrogen-bond donors (Lipinski definition) is 1. The molecule has 1 fully saturated rings. The summed E-state index contributed by atoms with van der Waals surface area (Å²) >= 11 is 0. The lowest BCUT2D eigenvalue weighted by atomic mass is 10.2. The Morgan fingerprint density at radius 1 is 1.33 bits per heavy atom. The maximum absolute atomic E-state index is 5.38. The molecule has 6 heteroatoms. The molecule has 1 aromatic heterocycles. The van der Waals surface area contributed by atoms with Crippen molar-refractivity contribution in [1.82, 2.24) is 20.4 Å². The molecule has 2 aromatic rings. The Labute approximate surface area is 131 Å². The van der Waals surface area contributed by atoms with E-state index in [9.17, 15) is 0 Å². The van der Waals surface area contributed by atoms with Crippen LogP contribution >= 0.6 is 12.4 Å². The van der Waals surface area contributed by atoms with Crippen LogP contribution in [-0.4, -0.2) is 41.2 Å². The number of rotatable bonds is 5. The molecule has 3 rings (SSSR count). The molecule has 0 spiro atoms. The smallest absolute Gasteiger partial charge is 0.241 e. The van der Waals surface area contributed by atoms with Crippen LogP contribution in [0.1, 0.15) is 18.7 Å². The average molecular weight is 309 g/mol. The largest absolute Gasteiger partial charge is 0.338 e. The Morgan fingerprint density at radius 3 is 2.90 bits per heavy atom. The molecule has 1 saturated heterocycles. The number of aromatic nitrogens is 2. The zero-order chi connectivity index (χ0) is 13.8. The van der Waals surface area contributed by atoms with Crippen molar-refractivity contribution in [3.63, 3.8) is 0 Å². The maximum atomic E-state index is 5.38. The Balaban J connectivity index is 0.00000161. The molecular formula is C15H21ClN4O. The monoisotopic (exact) mass is 308 g/mol. The molecular weight excluding hydrogens is 288 g/mol. The van der Waals surface area contributed by atoms with Crippen molar-refractivity contribution >= 4 is 12.4 Å². The van der Waals surface area contributed by atoms with E-state index >= 15 is 0 Å². The molecule has 0 aliphatic carbocycles. The van der Waals surface area contributed by atoms with Crippen molar-refractivity contribution in [2.45, 2.75) is 25.4 Å². The lowest BCUT2D eigenvalue weighted by Crippen LogP contribution is -2.36. The Hall–Kier alpha value is -1.43. The van der Waals surface area contributed by atoms with Crippen LogP contribution in [0.25, 0.3) is 11.4 Å². The minimum Gasteiger partial charge on any atom is -0.338 e. The third kappa shape index (κ3) is 3.81. The van der Waals surface area contributed by atoms with Crippen molar-refractivity contribution in [2.24, 2.45) is 0 Å². The fourth-order valence-electron chi connectivity index (χ4n) is 2.77. The summed E-state index contributed by atoms with van der Waals surface area (Å²) in [6, 6.07) is 10.5. The van der Waals surface area contributed by atoms with Crippen LogP contribution in [0.15, 0.2) is 34.9 Å². The molecule has 5 nitrogen and oxygen atoms in total. The number of likely N-dealkylation sites (tertiary alicyclic amines) is 1. The highest BCUT2D eigenvalue weighted by Crippen LogP contribution is 2.20. The molecule has 1 unspecified atom stereocenters. The topological polar surface area (TPSA) is 54.2 Å². The lowest BCUT2D eigenvalue weighted by Gasteiger charge is -2.22. The summed E-state index contributed by atoms with van der Waals surface area (Å²) < 4.78 is 5.38. The summed E-state index contributed by atoms with van der Waals surface area (Å²) in [6.07, 6.45) is 2.48. The fourth-order valence-corrected chi connectivity index (χ4v) is 2.77. The fraction of sp³-hybridized carbons (Fsp3) is 0.467. The third-order valence-corrected chi connectivity index (χ3v) is 3.78. The van der Waals surface area contributed by atoms with Gasteiger partial charge in [0.1, 0.15) is 0 Å². The molecule has 1 aliphatic rings. The number of halogens is 1. The van der Waals surface area contributed by atoms with Gasteiger partial charge in [-0.15, -0.1) is 12.4 Å². The Bertz CT molecular complexity index is 546. The molecule has 1 aliphatic heterocycles. The van der Waals surface area contributed by atoms with Crippen LogP contribution in [-0.2, 0) is 6.54 Å². The quantitative estimate of drug-likeness (QED) is 0.919. The van der Waals surface area contributed by atoms with Gasteiger partial charge in [-0.05, 0) is 26.4 Å². The number of nitrogens with zero attached hydrogens (tertiary/aromatic N) is 3. The highest BCUT2D eigenvalue weighted by Gasteiger charge is 2.25. The van der Waals surface area contributed by atoms with Crippen molar-refractivity contribution in [2.75, 3.05) is 20.1 Å². The van der Waals surface area contributed by atoms with E-state index in [0.29, 0.717) is 17.8 Å². The van der Waals surface area contributed by atoms with E-state index in [1.807, 2.05) is 37.4 Å². The standard InChI is InChI=1S/C15H20N4O.ClH/c1-16-10-13-8-5-9-19(13)11-14-17-15(18-20-14)12-6-3-2-4-7-12;/h2-4,6-7,13,16H,5,8-11H2,1H3;1H. The lowest BCUT2D eigenvalue weighted by molar-refractivity contribution is 0.209. The molecule has 2 heterocycles. The zero-order valence-electron chi connectivity index (χ0n) is 12.2. The second-order valence-corrected chi connectivity index (χ2v) is 5.20. The SMILES string of the molecule is CNCC1CCCN1Cc1nc(-c2ccccc2)no1.Cl. The summed E-state index contributed by atoms with van der Waals surface area (Å²) in [5.41, 5.74) is 0.996. The summed E-state index contributed by atoms with van der Waals surface area (Å²) in [4.78, 5) is 6.91. The molecule has 0 saturated carbocycles. The number of benzene rings is 1. The molecule has 0 radical (unpaired) electrons. The van der Waals surface area contributed by atoms with E-state index in [1.165, 1.54) is 12.8 Å². The van der Waals surface area contributed by atoms with Crippen LogP contribution in [0.3, 0.4) is 0 Å². The highest BCUT2D eigenvalue weighted by atomic mass is 35.5. The van der Waals surface area contributed by atoms with Crippen LogP contribution < -0.4 is 5.32 Å². The predicted octanol–water partition coefficient (Wildman–Crippen LogP) is 2.34. The molecule has 0 bridgehead atoms. The van der Waals surface area contributed by atoms with E-state index in [4.69, 9.17) is 4.52 Å². The molecule has 0 amide bonds. The minimum atomic E-state index is 0. The minimum absolute atomic E-state index is 0. The van der Waals surface area contributed by atoms with Gasteiger partial charge in [0.25, 0.3) is 0 Å². The zero-order valence-corrected chi connectivity index (χ0v) is 13.0. The first-order chi connectivity index (χ1) is 9.86. The van der Waals surface area contributed by atoms with Crippen LogP contribution in [0.2, 0.25) is 0 Å². The van der Waals surface area contributed by atoms with Crippen molar-refractivity contribution in [3.05, 3.63) is 36.2 Å². The predicted molar refractivity (Wildman–Crippen MR) is 84.3 cm³/mol.